The van der Waals surface area contributed by atoms with Crippen LogP contribution in [0, 0.1) is 5.92 Å². The van der Waals surface area contributed by atoms with Crippen molar-refractivity contribution in [3.8, 4) is 0 Å². The maximum atomic E-state index is 12.6. The molecule has 1 aliphatic rings. The Kier molecular flexibility index (Phi) is 4.82. The van der Waals surface area contributed by atoms with E-state index in [9.17, 15) is 8.42 Å². The molecule has 2 heterocycles. The van der Waals surface area contributed by atoms with E-state index in [4.69, 9.17) is 0 Å². The van der Waals surface area contributed by atoms with Gasteiger partial charge in [0, 0.05) is 31.2 Å². The zero-order chi connectivity index (χ0) is 14.8. The summed E-state index contributed by atoms with van der Waals surface area (Å²) in [4.78, 5) is 0. The van der Waals surface area contributed by atoms with Gasteiger partial charge in [0.1, 0.15) is 0 Å². The molecule has 0 saturated carbocycles. The fourth-order valence-corrected chi connectivity index (χ4v) is 4.08. The van der Waals surface area contributed by atoms with Crippen molar-refractivity contribution in [2.75, 3.05) is 13.1 Å². The predicted molar refractivity (Wildman–Crippen MR) is 77.7 cm³/mol. The maximum Gasteiger partial charge on any atom is 0.260 e. The summed E-state index contributed by atoms with van der Waals surface area (Å²) < 4.78 is 26.9. The van der Waals surface area contributed by atoms with E-state index >= 15 is 0 Å². The highest BCUT2D eigenvalue weighted by molar-refractivity contribution is 7.89. The van der Waals surface area contributed by atoms with Crippen molar-refractivity contribution in [1.82, 2.24) is 19.8 Å². The van der Waals surface area contributed by atoms with E-state index in [0.29, 0.717) is 37.2 Å². The lowest BCUT2D eigenvalue weighted by molar-refractivity contribution is 0.449. The van der Waals surface area contributed by atoms with Crippen LogP contribution in [0.1, 0.15) is 39.2 Å². The Morgan fingerprint density at radius 1 is 1.55 bits per heavy atom. The Hall–Kier alpha value is -0.920. The van der Waals surface area contributed by atoms with Crippen molar-refractivity contribution < 1.29 is 8.42 Å². The Balaban J connectivity index is 2.16. The van der Waals surface area contributed by atoms with Crippen LogP contribution in [-0.2, 0) is 16.6 Å². The highest BCUT2D eigenvalue weighted by atomic mass is 32.2. The number of sulfonamides is 1. The van der Waals surface area contributed by atoms with Crippen LogP contribution < -0.4 is 5.32 Å². The summed E-state index contributed by atoms with van der Waals surface area (Å²) in [6.45, 7) is 7.90. The summed E-state index contributed by atoms with van der Waals surface area (Å²) >= 11 is 0. The van der Waals surface area contributed by atoms with E-state index in [1.807, 2.05) is 13.8 Å². The van der Waals surface area contributed by atoms with Gasteiger partial charge in [-0.05, 0) is 12.3 Å². The number of nitrogens with one attached hydrogen (secondary N) is 2. The van der Waals surface area contributed by atoms with Crippen LogP contribution in [0.25, 0.3) is 0 Å². The number of aromatic amines is 1. The molecule has 1 aliphatic heterocycles. The van der Waals surface area contributed by atoms with Crippen LogP contribution in [0.4, 0.5) is 0 Å². The summed E-state index contributed by atoms with van der Waals surface area (Å²) in [6.07, 6.45) is 3.57. The minimum Gasteiger partial charge on any atom is -0.310 e. The first kappa shape index (κ1) is 15.5. The number of rotatable bonds is 6. The molecule has 0 radical (unpaired) electrons. The third-order valence-corrected chi connectivity index (χ3v) is 5.68. The van der Waals surface area contributed by atoms with Gasteiger partial charge >= 0.3 is 0 Å². The van der Waals surface area contributed by atoms with E-state index in [2.05, 4.69) is 22.4 Å². The van der Waals surface area contributed by atoms with Crippen LogP contribution in [0.5, 0.6) is 0 Å². The van der Waals surface area contributed by atoms with Crippen molar-refractivity contribution >= 4 is 10.0 Å². The van der Waals surface area contributed by atoms with Gasteiger partial charge in [0.15, 0.2) is 5.03 Å². The zero-order valence-corrected chi connectivity index (χ0v) is 13.2. The Labute approximate surface area is 121 Å². The average Bonchev–Trinajstić information content (AvgIpc) is 3.05. The first-order valence-corrected chi connectivity index (χ1v) is 8.65. The normalized spacial score (nSPS) is 20.9. The molecule has 0 aliphatic carbocycles. The standard InChI is InChI=1S/C13H24N4O2S/c1-4-11-5-6-17(9-11)20(18,19)13-12(8-15-16-13)7-14-10(2)3/h8,10-11,14H,4-7,9H2,1-3H3,(H,15,16). The average molecular weight is 300 g/mol. The summed E-state index contributed by atoms with van der Waals surface area (Å²) in [7, 11) is -3.44. The smallest absolute Gasteiger partial charge is 0.260 e. The zero-order valence-electron chi connectivity index (χ0n) is 12.4. The van der Waals surface area contributed by atoms with Gasteiger partial charge in [0.2, 0.25) is 0 Å². The highest BCUT2D eigenvalue weighted by Crippen LogP contribution is 2.26. The number of hydrogen-bond donors (Lipinski definition) is 2. The number of nitrogens with zero attached hydrogens (tertiary/aromatic N) is 2. The molecule has 0 bridgehead atoms. The van der Waals surface area contributed by atoms with E-state index in [0.717, 1.165) is 12.8 Å². The van der Waals surface area contributed by atoms with Gasteiger partial charge < -0.3 is 5.32 Å². The third kappa shape index (κ3) is 3.21. The van der Waals surface area contributed by atoms with Crippen molar-refractivity contribution in [3.05, 3.63) is 11.8 Å². The van der Waals surface area contributed by atoms with Crippen LogP contribution in [0.3, 0.4) is 0 Å². The Morgan fingerprint density at radius 3 is 2.90 bits per heavy atom. The summed E-state index contributed by atoms with van der Waals surface area (Å²) in [5.74, 6) is 0.477. The van der Waals surface area contributed by atoms with Gasteiger partial charge in [-0.1, -0.05) is 27.2 Å². The monoisotopic (exact) mass is 300 g/mol. The molecule has 1 aromatic rings. The van der Waals surface area contributed by atoms with E-state index in [-0.39, 0.29) is 5.03 Å². The van der Waals surface area contributed by atoms with E-state index < -0.39 is 10.0 Å². The second-order valence-corrected chi connectivity index (χ2v) is 7.56. The highest BCUT2D eigenvalue weighted by Gasteiger charge is 2.34. The second-order valence-electron chi connectivity index (χ2n) is 5.69. The molecule has 20 heavy (non-hydrogen) atoms. The topological polar surface area (TPSA) is 78.1 Å². The first-order valence-electron chi connectivity index (χ1n) is 7.21. The van der Waals surface area contributed by atoms with Crippen molar-refractivity contribution in [2.45, 2.75) is 51.2 Å². The SMILES string of the molecule is CCC1CCN(S(=O)(=O)c2[nH]ncc2CNC(C)C)C1. The molecule has 0 amide bonds. The van der Waals surface area contributed by atoms with Crippen molar-refractivity contribution in [2.24, 2.45) is 5.92 Å². The molecule has 1 fully saturated rings. The fourth-order valence-electron chi connectivity index (χ4n) is 2.44. The van der Waals surface area contributed by atoms with Gasteiger partial charge in [-0.15, -0.1) is 0 Å². The van der Waals surface area contributed by atoms with Gasteiger partial charge in [-0.25, -0.2) is 8.42 Å². The molecular formula is C13H24N4O2S. The largest absolute Gasteiger partial charge is 0.310 e. The quantitative estimate of drug-likeness (QED) is 0.831. The number of hydrogen-bond acceptors (Lipinski definition) is 4. The summed E-state index contributed by atoms with van der Waals surface area (Å²) in [5.41, 5.74) is 0.707. The van der Waals surface area contributed by atoms with Crippen LogP contribution in [-0.4, -0.2) is 42.1 Å². The van der Waals surface area contributed by atoms with E-state index in [1.54, 1.807) is 10.5 Å². The Bertz CT molecular complexity index is 538. The summed E-state index contributed by atoms with van der Waals surface area (Å²) in [5, 5.41) is 10.0. The molecule has 114 valence electrons. The first-order chi connectivity index (χ1) is 9.45. The Morgan fingerprint density at radius 2 is 2.30 bits per heavy atom. The molecule has 7 heteroatoms. The number of H-pyrrole nitrogens is 1. The molecule has 0 aromatic carbocycles. The van der Waals surface area contributed by atoms with Gasteiger partial charge in [0.05, 0.1) is 6.20 Å². The molecule has 1 atom stereocenters. The second kappa shape index (κ2) is 6.24. The maximum absolute atomic E-state index is 12.6. The van der Waals surface area contributed by atoms with Crippen LogP contribution in [0.15, 0.2) is 11.2 Å². The fraction of sp³-hybridized carbons (Fsp3) is 0.769. The summed E-state index contributed by atoms with van der Waals surface area (Å²) in [6, 6.07) is 0.303. The van der Waals surface area contributed by atoms with Crippen LogP contribution in [0.2, 0.25) is 0 Å². The van der Waals surface area contributed by atoms with Crippen molar-refractivity contribution in [1.29, 1.82) is 0 Å². The van der Waals surface area contributed by atoms with Gasteiger partial charge in [0.25, 0.3) is 10.0 Å². The molecule has 1 saturated heterocycles. The minimum atomic E-state index is -3.44. The lowest BCUT2D eigenvalue weighted by Crippen LogP contribution is -2.31. The molecule has 2 N–H and O–H groups in total. The van der Waals surface area contributed by atoms with Crippen molar-refractivity contribution in [3.63, 3.8) is 0 Å². The van der Waals surface area contributed by atoms with E-state index in [1.165, 1.54) is 0 Å². The van der Waals surface area contributed by atoms with Crippen LogP contribution >= 0.6 is 0 Å². The molecule has 1 unspecified atom stereocenters. The molecular weight excluding hydrogens is 276 g/mol. The van der Waals surface area contributed by atoms with Gasteiger partial charge in [-0.2, -0.15) is 9.40 Å². The predicted octanol–water partition coefficient (Wildman–Crippen LogP) is 1.33. The van der Waals surface area contributed by atoms with Gasteiger partial charge in [-0.3, -0.25) is 5.10 Å². The molecule has 6 nitrogen and oxygen atoms in total. The molecule has 2 rings (SSSR count). The number of aromatic nitrogens is 2. The molecule has 1 aromatic heterocycles. The molecule has 0 spiro atoms. The lowest BCUT2D eigenvalue weighted by Gasteiger charge is -2.16. The lowest BCUT2D eigenvalue weighted by atomic mass is 10.1. The third-order valence-electron chi connectivity index (χ3n) is 3.80. The minimum absolute atomic E-state index is 0.238.